The normalized spacial score (nSPS) is 10.3. The first-order valence-corrected chi connectivity index (χ1v) is 7.18. The number of alkyl halides is 1. The van der Waals surface area contributed by atoms with Crippen molar-refractivity contribution in [1.82, 2.24) is 9.97 Å². The minimum atomic E-state index is 0.519. The predicted molar refractivity (Wildman–Crippen MR) is 81.1 cm³/mol. The molecule has 0 aliphatic carbocycles. The van der Waals surface area contributed by atoms with Crippen LogP contribution in [0.2, 0.25) is 0 Å². The lowest BCUT2D eigenvalue weighted by molar-refractivity contribution is 0.305. The van der Waals surface area contributed by atoms with E-state index in [1.54, 1.807) is 12.3 Å². The highest BCUT2D eigenvalue weighted by Crippen LogP contribution is 2.12. The van der Waals surface area contributed by atoms with Crippen LogP contribution in [0.5, 0.6) is 5.88 Å². The number of hydrogen-bond donors (Lipinski definition) is 1. The molecule has 0 radical (unpaired) electrons. The summed E-state index contributed by atoms with van der Waals surface area (Å²) in [7, 11) is 0. The van der Waals surface area contributed by atoms with Crippen LogP contribution in [0.25, 0.3) is 0 Å². The molecule has 5 heteroatoms. The fraction of sp³-hybridized carbons (Fsp3) is 0.333. The molecule has 0 atom stereocenters. The van der Waals surface area contributed by atoms with Gasteiger partial charge in [-0.2, -0.15) is 4.98 Å². The molecule has 2 aromatic rings. The van der Waals surface area contributed by atoms with E-state index >= 15 is 0 Å². The molecule has 20 heavy (non-hydrogen) atoms. The van der Waals surface area contributed by atoms with Crippen LogP contribution >= 0.6 is 11.6 Å². The molecule has 1 N–H and O–H groups in total. The van der Waals surface area contributed by atoms with Gasteiger partial charge in [0.15, 0.2) is 0 Å². The van der Waals surface area contributed by atoms with Gasteiger partial charge in [-0.15, -0.1) is 11.6 Å². The Hall–Kier alpha value is -1.81. The summed E-state index contributed by atoms with van der Waals surface area (Å²) in [5.41, 5.74) is 2.25. The predicted octanol–water partition coefficient (Wildman–Crippen LogP) is 3.62. The van der Waals surface area contributed by atoms with Crippen LogP contribution in [0.1, 0.15) is 24.5 Å². The monoisotopic (exact) mass is 291 g/mol. The van der Waals surface area contributed by atoms with E-state index in [4.69, 9.17) is 16.3 Å². The average Bonchev–Trinajstić information content (AvgIpc) is 2.51. The van der Waals surface area contributed by atoms with E-state index in [9.17, 15) is 0 Å². The molecule has 4 nitrogen and oxygen atoms in total. The number of anilines is 1. The molecule has 1 aromatic heterocycles. The lowest BCUT2D eigenvalue weighted by atomic mass is 10.1. The van der Waals surface area contributed by atoms with Gasteiger partial charge < -0.3 is 10.1 Å². The Morgan fingerprint density at radius 2 is 2.10 bits per heavy atom. The van der Waals surface area contributed by atoms with Crippen LogP contribution in [0, 0.1) is 0 Å². The number of nitrogens with one attached hydrogen (secondary N) is 1. The summed E-state index contributed by atoms with van der Waals surface area (Å²) in [4.78, 5) is 8.47. The number of ether oxygens (including phenoxy) is 1. The number of aromatic nitrogens is 2. The third kappa shape index (κ3) is 4.38. The lowest BCUT2D eigenvalue weighted by Crippen LogP contribution is -2.05. The van der Waals surface area contributed by atoms with E-state index in [2.05, 4.69) is 28.3 Å². The van der Waals surface area contributed by atoms with Crippen molar-refractivity contribution in [2.45, 2.75) is 25.8 Å². The zero-order valence-electron chi connectivity index (χ0n) is 11.5. The molecule has 1 aromatic carbocycles. The van der Waals surface area contributed by atoms with E-state index in [-0.39, 0.29) is 0 Å². The van der Waals surface area contributed by atoms with Crippen molar-refractivity contribution in [2.24, 2.45) is 0 Å². The number of nitrogens with zero attached hydrogens (tertiary/aromatic N) is 2. The number of rotatable bonds is 7. The third-order valence-electron chi connectivity index (χ3n) is 2.68. The second kappa shape index (κ2) is 7.70. The SMILES string of the molecule is CCCOc1ccnc(NCc2cccc(CCl)c2)n1. The van der Waals surface area contributed by atoms with Gasteiger partial charge in [0.2, 0.25) is 11.8 Å². The van der Waals surface area contributed by atoms with Crippen molar-refractivity contribution >= 4 is 17.5 Å². The highest BCUT2D eigenvalue weighted by atomic mass is 35.5. The summed E-state index contributed by atoms with van der Waals surface area (Å²) in [6.07, 6.45) is 2.65. The number of benzene rings is 1. The minimum absolute atomic E-state index is 0.519. The zero-order chi connectivity index (χ0) is 14.2. The molecule has 2 rings (SSSR count). The van der Waals surface area contributed by atoms with E-state index in [1.165, 1.54) is 0 Å². The number of hydrogen-bond acceptors (Lipinski definition) is 4. The summed E-state index contributed by atoms with van der Waals surface area (Å²) in [6, 6.07) is 9.87. The Bertz CT molecular complexity index is 548. The van der Waals surface area contributed by atoms with Crippen molar-refractivity contribution in [3.05, 3.63) is 47.7 Å². The van der Waals surface area contributed by atoms with Crippen molar-refractivity contribution < 1.29 is 4.74 Å². The zero-order valence-corrected chi connectivity index (χ0v) is 12.2. The lowest BCUT2D eigenvalue weighted by Gasteiger charge is -2.08. The van der Waals surface area contributed by atoms with Gasteiger partial charge in [0.1, 0.15) is 0 Å². The Labute approximate surface area is 124 Å². The highest BCUT2D eigenvalue weighted by molar-refractivity contribution is 6.17. The minimum Gasteiger partial charge on any atom is -0.478 e. The van der Waals surface area contributed by atoms with Crippen molar-refractivity contribution in [3.8, 4) is 5.88 Å². The molecule has 1 heterocycles. The quantitative estimate of drug-likeness (QED) is 0.792. The van der Waals surface area contributed by atoms with Gasteiger partial charge in [-0.25, -0.2) is 4.98 Å². The molecule has 106 valence electrons. The molecule has 0 unspecified atom stereocenters. The van der Waals surface area contributed by atoms with Gasteiger partial charge in [-0.05, 0) is 17.5 Å². The van der Waals surface area contributed by atoms with Gasteiger partial charge >= 0.3 is 0 Å². The Morgan fingerprint density at radius 3 is 2.90 bits per heavy atom. The number of halogens is 1. The van der Waals surface area contributed by atoms with Gasteiger partial charge in [0.25, 0.3) is 0 Å². The Kier molecular flexibility index (Phi) is 5.62. The van der Waals surface area contributed by atoms with Crippen LogP contribution in [0.15, 0.2) is 36.5 Å². The van der Waals surface area contributed by atoms with Crippen LogP contribution < -0.4 is 10.1 Å². The van der Waals surface area contributed by atoms with Gasteiger partial charge in [0, 0.05) is 24.7 Å². The molecule has 0 aliphatic rings. The van der Waals surface area contributed by atoms with E-state index in [0.717, 1.165) is 17.5 Å². The van der Waals surface area contributed by atoms with Crippen LogP contribution in [0.3, 0.4) is 0 Å². The van der Waals surface area contributed by atoms with Crippen LogP contribution in [-0.2, 0) is 12.4 Å². The molecular weight excluding hydrogens is 274 g/mol. The standard InChI is InChI=1S/C15H18ClN3O/c1-2-8-20-14-6-7-17-15(19-14)18-11-13-5-3-4-12(9-13)10-16/h3-7,9H,2,8,10-11H2,1H3,(H,17,18,19). The summed E-state index contributed by atoms with van der Waals surface area (Å²) in [6.45, 7) is 3.38. The fourth-order valence-corrected chi connectivity index (χ4v) is 1.88. The van der Waals surface area contributed by atoms with Crippen LogP contribution in [-0.4, -0.2) is 16.6 Å². The molecule has 0 fully saturated rings. The second-order valence-electron chi connectivity index (χ2n) is 4.37. The van der Waals surface area contributed by atoms with Gasteiger partial charge in [0.05, 0.1) is 6.61 Å². The first-order chi connectivity index (χ1) is 9.81. The van der Waals surface area contributed by atoms with Gasteiger partial charge in [-0.1, -0.05) is 31.2 Å². The fourth-order valence-electron chi connectivity index (χ4n) is 1.72. The topological polar surface area (TPSA) is 47.0 Å². The van der Waals surface area contributed by atoms with E-state index < -0.39 is 0 Å². The average molecular weight is 292 g/mol. The summed E-state index contributed by atoms with van der Waals surface area (Å²) < 4.78 is 5.48. The Balaban J connectivity index is 1.95. The first-order valence-electron chi connectivity index (χ1n) is 6.65. The first kappa shape index (κ1) is 14.6. The molecular formula is C15H18ClN3O. The molecule has 0 saturated carbocycles. The van der Waals surface area contributed by atoms with E-state index in [1.807, 2.05) is 18.2 Å². The van der Waals surface area contributed by atoms with Crippen molar-refractivity contribution in [2.75, 3.05) is 11.9 Å². The largest absolute Gasteiger partial charge is 0.478 e. The third-order valence-corrected chi connectivity index (χ3v) is 2.99. The molecule has 0 saturated heterocycles. The summed E-state index contributed by atoms with van der Waals surface area (Å²) in [5, 5.41) is 3.18. The molecule has 0 bridgehead atoms. The maximum atomic E-state index is 5.82. The second-order valence-corrected chi connectivity index (χ2v) is 4.64. The van der Waals surface area contributed by atoms with E-state index in [0.29, 0.717) is 30.9 Å². The van der Waals surface area contributed by atoms with Crippen molar-refractivity contribution in [3.63, 3.8) is 0 Å². The smallest absolute Gasteiger partial charge is 0.226 e. The maximum Gasteiger partial charge on any atom is 0.226 e. The maximum absolute atomic E-state index is 5.82. The van der Waals surface area contributed by atoms with Crippen LogP contribution in [0.4, 0.5) is 5.95 Å². The highest BCUT2D eigenvalue weighted by Gasteiger charge is 2.01. The van der Waals surface area contributed by atoms with Gasteiger partial charge in [-0.3, -0.25) is 0 Å². The van der Waals surface area contributed by atoms with Crippen molar-refractivity contribution in [1.29, 1.82) is 0 Å². The Morgan fingerprint density at radius 1 is 1.25 bits per heavy atom. The summed E-state index contributed by atoms with van der Waals surface area (Å²) in [5.74, 6) is 1.68. The molecule has 0 amide bonds. The summed E-state index contributed by atoms with van der Waals surface area (Å²) >= 11 is 5.82. The molecule has 0 spiro atoms. The molecule has 0 aliphatic heterocycles.